The van der Waals surface area contributed by atoms with Crippen molar-refractivity contribution >= 4 is 29.2 Å². The van der Waals surface area contributed by atoms with E-state index in [1.165, 1.54) is 18.3 Å². The summed E-state index contributed by atoms with van der Waals surface area (Å²) in [7, 11) is 0. The van der Waals surface area contributed by atoms with Gasteiger partial charge in [-0.2, -0.15) is 11.8 Å². The standard InChI is InChI=1S/C10H11N3O4S/c14-10(15)8-6-18-4-3-12(8)9-5-7(13(16)17)1-2-11-9/h1-2,5,8H,3-4,6H2,(H,14,15). The Labute approximate surface area is 107 Å². The number of aromatic nitrogens is 1. The van der Waals surface area contributed by atoms with Crippen molar-refractivity contribution in [3.63, 3.8) is 0 Å². The highest BCUT2D eigenvalue weighted by Gasteiger charge is 2.30. The Morgan fingerprint density at radius 2 is 2.44 bits per heavy atom. The average Bonchev–Trinajstić information content (AvgIpc) is 2.39. The number of nitro groups is 1. The van der Waals surface area contributed by atoms with Crippen molar-refractivity contribution in [1.29, 1.82) is 0 Å². The van der Waals surface area contributed by atoms with Gasteiger partial charge in [-0.1, -0.05) is 0 Å². The fraction of sp³-hybridized carbons (Fsp3) is 0.400. The molecule has 1 unspecified atom stereocenters. The Bertz CT molecular complexity index is 482. The third kappa shape index (κ3) is 2.53. The number of carbonyl (C=O) groups is 1. The lowest BCUT2D eigenvalue weighted by Gasteiger charge is -2.33. The van der Waals surface area contributed by atoms with Gasteiger partial charge >= 0.3 is 5.97 Å². The fourth-order valence-electron chi connectivity index (χ4n) is 1.76. The van der Waals surface area contributed by atoms with Gasteiger partial charge in [0.15, 0.2) is 0 Å². The van der Waals surface area contributed by atoms with Gasteiger partial charge in [-0.15, -0.1) is 0 Å². The maximum atomic E-state index is 11.1. The molecule has 0 aromatic carbocycles. The molecule has 1 N–H and O–H groups in total. The van der Waals surface area contributed by atoms with Gasteiger partial charge in [0, 0.05) is 30.3 Å². The molecule has 0 radical (unpaired) electrons. The van der Waals surface area contributed by atoms with Crippen LogP contribution in [0.1, 0.15) is 0 Å². The third-order valence-corrected chi connectivity index (χ3v) is 3.67. The molecule has 0 aliphatic carbocycles. The third-order valence-electron chi connectivity index (χ3n) is 2.65. The molecule has 1 saturated heterocycles. The summed E-state index contributed by atoms with van der Waals surface area (Å²) in [6.07, 6.45) is 1.33. The molecule has 2 heterocycles. The average molecular weight is 269 g/mol. The van der Waals surface area contributed by atoms with Gasteiger partial charge in [-0.3, -0.25) is 10.1 Å². The first kappa shape index (κ1) is 12.6. The Morgan fingerprint density at radius 3 is 3.11 bits per heavy atom. The van der Waals surface area contributed by atoms with E-state index in [4.69, 9.17) is 5.11 Å². The van der Waals surface area contributed by atoms with E-state index in [9.17, 15) is 14.9 Å². The summed E-state index contributed by atoms with van der Waals surface area (Å²) >= 11 is 1.56. The minimum atomic E-state index is -0.935. The summed E-state index contributed by atoms with van der Waals surface area (Å²) in [4.78, 5) is 26.9. The number of nitrogens with zero attached hydrogens (tertiary/aromatic N) is 3. The molecule has 0 amide bonds. The zero-order valence-electron chi connectivity index (χ0n) is 9.35. The van der Waals surface area contributed by atoms with E-state index in [-0.39, 0.29) is 5.69 Å². The second-order valence-corrected chi connectivity index (χ2v) is 4.90. The van der Waals surface area contributed by atoms with Gasteiger partial charge in [-0.25, -0.2) is 9.78 Å². The molecule has 96 valence electrons. The molecular formula is C10H11N3O4S. The zero-order valence-corrected chi connectivity index (χ0v) is 10.2. The second-order valence-electron chi connectivity index (χ2n) is 3.75. The summed E-state index contributed by atoms with van der Waals surface area (Å²) in [6, 6.07) is 1.92. The van der Waals surface area contributed by atoms with Crippen LogP contribution in [-0.4, -0.2) is 45.1 Å². The molecule has 7 nitrogen and oxygen atoms in total. The van der Waals surface area contributed by atoms with Gasteiger partial charge in [-0.05, 0) is 0 Å². The van der Waals surface area contributed by atoms with E-state index in [1.807, 2.05) is 0 Å². The van der Waals surface area contributed by atoms with E-state index in [2.05, 4.69) is 4.98 Å². The first-order valence-electron chi connectivity index (χ1n) is 5.27. The maximum Gasteiger partial charge on any atom is 0.327 e. The quantitative estimate of drug-likeness (QED) is 0.645. The molecule has 2 rings (SSSR count). The minimum absolute atomic E-state index is 0.0811. The first-order chi connectivity index (χ1) is 8.59. The summed E-state index contributed by atoms with van der Waals surface area (Å²) in [5.74, 6) is 0.654. The molecular weight excluding hydrogens is 258 g/mol. The predicted octanol–water partition coefficient (Wildman–Crippen LogP) is 0.996. The molecule has 0 spiro atoms. The van der Waals surface area contributed by atoms with Crippen LogP contribution in [0.3, 0.4) is 0 Å². The molecule has 0 saturated carbocycles. The molecule has 1 aliphatic heterocycles. The lowest BCUT2D eigenvalue weighted by atomic mass is 10.2. The Balaban J connectivity index is 2.30. The van der Waals surface area contributed by atoms with Crippen molar-refractivity contribution < 1.29 is 14.8 Å². The normalized spacial score (nSPS) is 19.6. The monoisotopic (exact) mass is 269 g/mol. The highest BCUT2D eigenvalue weighted by atomic mass is 32.2. The van der Waals surface area contributed by atoms with Gasteiger partial charge in [0.25, 0.3) is 5.69 Å². The zero-order chi connectivity index (χ0) is 13.1. The van der Waals surface area contributed by atoms with Crippen LogP contribution in [-0.2, 0) is 4.79 Å². The summed E-state index contributed by atoms with van der Waals surface area (Å²) in [5, 5.41) is 19.8. The lowest BCUT2D eigenvalue weighted by molar-refractivity contribution is -0.384. The number of rotatable bonds is 3. The highest BCUT2D eigenvalue weighted by Crippen LogP contribution is 2.25. The summed E-state index contributed by atoms with van der Waals surface area (Å²) in [5.41, 5.74) is -0.0811. The van der Waals surface area contributed by atoms with Crippen molar-refractivity contribution in [2.45, 2.75) is 6.04 Å². The SMILES string of the molecule is O=C(O)C1CSCCN1c1cc([N+](=O)[O-])ccn1. The summed E-state index contributed by atoms with van der Waals surface area (Å²) < 4.78 is 0. The predicted molar refractivity (Wildman–Crippen MR) is 67.0 cm³/mol. The fourth-order valence-corrected chi connectivity index (χ4v) is 2.80. The molecule has 0 bridgehead atoms. The van der Waals surface area contributed by atoms with Crippen LogP contribution < -0.4 is 4.90 Å². The largest absolute Gasteiger partial charge is 0.480 e. The van der Waals surface area contributed by atoms with Crippen LogP contribution in [0.2, 0.25) is 0 Å². The van der Waals surface area contributed by atoms with Crippen LogP contribution in [0.4, 0.5) is 11.5 Å². The van der Waals surface area contributed by atoms with E-state index in [0.717, 1.165) is 5.75 Å². The number of carboxylic acid groups (broad SMARTS) is 1. The van der Waals surface area contributed by atoms with E-state index in [1.54, 1.807) is 16.7 Å². The second kappa shape index (κ2) is 5.21. The molecule has 1 fully saturated rings. The molecule has 1 aromatic rings. The molecule has 1 aromatic heterocycles. The van der Waals surface area contributed by atoms with Crippen LogP contribution in [0, 0.1) is 10.1 Å². The van der Waals surface area contributed by atoms with E-state index in [0.29, 0.717) is 18.1 Å². The maximum absolute atomic E-state index is 11.1. The van der Waals surface area contributed by atoms with Crippen LogP contribution >= 0.6 is 11.8 Å². The number of pyridine rings is 1. The van der Waals surface area contributed by atoms with Crippen molar-refractivity contribution in [2.24, 2.45) is 0 Å². The molecule has 1 atom stereocenters. The van der Waals surface area contributed by atoms with Crippen molar-refractivity contribution in [2.75, 3.05) is 23.0 Å². The highest BCUT2D eigenvalue weighted by molar-refractivity contribution is 7.99. The Morgan fingerprint density at radius 1 is 1.67 bits per heavy atom. The number of aliphatic carboxylic acids is 1. The topological polar surface area (TPSA) is 96.6 Å². The number of anilines is 1. The van der Waals surface area contributed by atoms with Crippen LogP contribution in [0.15, 0.2) is 18.3 Å². The van der Waals surface area contributed by atoms with Crippen molar-refractivity contribution in [3.05, 3.63) is 28.4 Å². The molecule has 8 heteroatoms. The Kier molecular flexibility index (Phi) is 3.66. The van der Waals surface area contributed by atoms with Gasteiger partial charge in [0.2, 0.25) is 0 Å². The number of hydrogen-bond acceptors (Lipinski definition) is 6. The molecule has 18 heavy (non-hydrogen) atoms. The minimum Gasteiger partial charge on any atom is -0.480 e. The van der Waals surface area contributed by atoms with E-state index >= 15 is 0 Å². The van der Waals surface area contributed by atoms with E-state index < -0.39 is 16.9 Å². The first-order valence-corrected chi connectivity index (χ1v) is 6.42. The van der Waals surface area contributed by atoms with Crippen LogP contribution in [0.25, 0.3) is 0 Å². The van der Waals surface area contributed by atoms with Crippen LogP contribution in [0.5, 0.6) is 0 Å². The number of carboxylic acids is 1. The lowest BCUT2D eigenvalue weighted by Crippen LogP contribution is -2.47. The molecule has 1 aliphatic rings. The summed E-state index contributed by atoms with van der Waals surface area (Å²) in [6.45, 7) is 0.524. The van der Waals surface area contributed by atoms with Crippen molar-refractivity contribution in [1.82, 2.24) is 4.98 Å². The van der Waals surface area contributed by atoms with Gasteiger partial charge in [0.05, 0.1) is 11.0 Å². The number of hydrogen-bond donors (Lipinski definition) is 1. The van der Waals surface area contributed by atoms with Gasteiger partial charge in [0.1, 0.15) is 11.9 Å². The smallest absolute Gasteiger partial charge is 0.327 e. The number of thioether (sulfide) groups is 1. The Hall–Kier alpha value is -1.83. The van der Waals surface area contributed by atoms with Crippen molar-refractivity contribution in [3.8, 4) is 0 Å². The van der Waals surface area contributed by atoms with Gasteiger partial charge < -0.3 is 10.0 Å².